The van der Waals surface area contributed by atoms with Gasteiger partial charge in [0.1, 0.15) is 19.0 Å². The Morgan fingerprint density at radius 2 is 1.89 bits per heavy atom. The topological polar surface area (TPSA) is 29.5 Å². The van der Waals surface area contributed by atoms with Crippen molar-refractivity contribution < 1.29 is 9.84 Å². The van der Waals surface area contributed by atoms with E-state index in [9.17, 15) is 0 Å². The first-order valence-electron chi connectivity index (χ1n) is 5.85. The van der Waals surface area contributed by atoms with E-state index in [4.69, 9.17) is 21.4 Å². The summed E-state index contributed by atoms with van der Waals surface area (Å²) >= 11 is 5.90. The van der Waals surface area contributed by atoms with Gasteiger partial charge < -0.3 is 9.84 Å². The van der Waals surface area contributed by atoms with Crippen LogP contribution in [0.15, 0.2) is 48.5 Å². The van der Waals surface area contributed by atoms with Crippen LogP contribution < -0.4 is 4.74 Å². The molecule has 0 aromatic heterocycles. The normalized spacial score (nSPS) is 9.58. The molecule has 0 saturated carbocycles. The molecule has 2 aromatic rings. The highest BCUT2D eigenvalue weighted by molar-refractivity contribution is 6.30. The van der Waals surface area contributed by atoms with Gasteiger partial charge in [-0.15, -0.1) is 0 Å². The van der Waals surface area contributed by atoms with Crippen LogP contribution in [0.4, 0.5) is 0 Å². The summed E-state index contributed by atoms with van der Waals surface area (Å²) in [6, 6.07) is 15.0. The maximum absolute atomic E-state index is 8.61. The number of rotatable bonds is 3. The average Bonchev–Trinajstić information content (AvgIpc) is 2.44. The smallest absolute Gasteiger partial charge is 0.119 e. The molecule has 0 fully saturated rings. The second-order valence-electron chi connectivity index (χ2n) is 3.90. The highest BCUT2D eigenvalue weighted by Gasteiger charge is 1.97. The Labute approximate surface area is 117 Å². The molecule has 0 unspecified atom stereocenters. The highest BCUT2D eigenvalue weighted by Crippen LogP contribution is 2.16. The van der Waals surface area contributed by atoms with Gasteiger partial charge in [0, 0.05) is 10.6 Å². The van der Waals surface area contributed by atoms with Crippen molar-refractivity contribution in [1.29, 1.82) is 0 Å². The zero-order chi connectivity index (χ0) is 13.5. The third kappa shape index (κ3) is 4.33. The monoisotopic (exact) mass is 272 g/mol. The molecule has 0 aliphatic carbocycles. The zero-order valence-corrected chi connectivity index (χ0v) is 11.0. The minimum absolute atomic E-state index is 0.132. The number of benzene rings is 2. The van der Waals surface area contributed by atoms with Crippen molar-refractivity contribution in [3.8, 4) is 17.6 Å². The SMILES string of the molecule is OCC#Cc1ccc(OCc2cccc(Cl)c2)cc1. The van der Waals surface area contributed by atoms with Gasteiger partial charge in [0.15, 0.2) is 0 Å². The van der Waals surface area contributed by atoms with Crippen molar-refractivity contribution in [2.75, 3.05) is 6.61 Å². The molecule has 0 radical (unpaired) electrons. The molecule has 0 spiro atoms. The number of aliphatic hydroxyl groups excluding tert-OH is 1. The first-order chi connectivity index (χ1) is 9.28. The van der Waals surface area contributed by atoms with E-state index in [2.05, 4.69) is 11.8 Å². The average molecular weight is 273 g/mol. The van der Waals surface area contributed by atoms with Crippen LogP contribution >= 0.6 is 11.6 Å². The van der Waals surface area contributed by atoms with Crippen molar-refractivity contribution in [2.24, 2.45) is 0 Å². The molecule has 19 heavy (non-hydrogen) atoms. The van der Waals surface area contributed by atoms with Crippen molar-refractivity contribution in [1.82, 2.24) is 0 Å². The Morgan fingerprint density at radius 3 is 2.58 bits per heavy atom. The number of aliphatic hydroxyl groups is 1. The Bertz CT molecular complexity index is 594. The Morgan fingerprint density at radius 1 is 1.11 bits per heavy atom. The fourth-order valence-electron chi connectivity index (χ4n) is 1.57. The van der Waals surface area contributed by atoms with Gasteiger partial charge >= 0.3 is 0 Å². The molecule has 0 saturated heterocycles. The first-order valence-corrected chi connectivity index (χ1v) is 6.23. The van der Waals surface area contributed by atoms with Gasteiger partial charge in [-0.1, -0.05) is 35.6 Å². The van der Waals surface area contributed by atoms with Gasteiger partial charge in [0.25, 0.3) is 0 Å². The van der Waals surface area contributed by atoms with Gasteiger partial charge in [-0.05, 0) is 42.0 Å². The third-order valence-corrected chi connectivity index (χ3v) is 2.70. The minimum atomic E-state index is -0.132. The quantitative estimate of drug-likeness (QED) is 0.869. The lowest BCUT2D eigenvalue weighted by molar-refractivity contribution is 0.306. The predicted octanol–water partition coefficient (Wildman–Crippen LogP) is 3.26. The van der Waals surface area contributed by atoms with Crippen LogP contribution in [0.5, 0.6) is 5.75 Å². The molecular weight excluding hydrogens is 260 g/mol. The molecule has 0 amide bonds. The number of ether oxygens (including phenoxy) is 1. The van der Waals surface area contributed by atoms with E-state index < -0.39 is 0 Å². The van der Waals surface area contributed by atoms with Gasteiger partial charge in [0.2, 0.25) is 0 Å². The van der Waals surface area contributed by atoms with E-state index in [0.717, 1.165) is 16.9 Å². The van der Waals surface area contributed by atoms with Gasteiger partial charge in [-0.2, -0.15) is 0 Å². The second kappa shape index (κ2) is 6.84. The van der Waals surface area contributed by atoms with Gasteiger partial charge in [-0.25, -0.2) is 0 Å². The molecule has 2 nitrogen and oxygen atoms in total. The van der Waals surface area contributed by atoms with Crippen molar-refractivity contribution >= 4 is 11.6 Å². The maximum Gasteiger partial charge on any atom is 0.119 e. The van der Waals surface area contributed by atoms with Crippen molar-refractivity contribution in [2.45, 2.75) is 6.61 Å². The molecule has 0 heterocycles. The van der Waals surface area contributed by atoms with Crippen LogP contribution in [0.1, 0.15) is 11.1 Å². The summed E-state index contributed by atoms with van der Waals surface area (Å²) in [5.41, 5.74) is 1.88. The highest BCUT2D eigenvalue weighted by atomic mass is 35.5. The Balaban J connectivity index is 1.96. The number of hydrogen-bond acceptors (Lipinski definition) is 2. The lowest BCUT2D eigenvalue weighted by atomic mass is 10.2. The summed E-state index contributed by atoms with van der Waals surface area (Å²) < 4.78 is 5.65. The number of halogens is 1. The predicted molar refractivity (Wildman–Crippen MR) is 76.2 cm³/mol. The third-order valence-electron chi connectivity index (χ3n) is 2.46. The van der Waals surface area contributed by atoms with Crippen molar-refractivity contribution in [3.63, 3.8) is 0 Å². The van der Waals surface area contributed by atoms with Gasteiger partial charge in [-0.3, -0.25) is 0 Å². The molecule has 96 valence electrons. The summed E-state index contributed by atoms with van der Waals surface area (Å²) in [7, 11) is 0. The standard InChI is InChI=1S/C16H13ClO2/c17-15-5-1-3-14(11-15)12-19-16-8-6-13(7-9-16)4-2-10-18/h1,3,5-9,11,18H,10,12H2. The molecule has 2 aromatic carbocycles. The fourth-order valence-corrected chi connectivity index (χ4v) is 1.78. The molecule has 0 atom stereocenters. The molecule has 3 heteroatoms. The first kappa shape index (κ1) is 13.5. The van der Waals surface area contributed by atoms with Crippen LogP contribution in [0.3, 0.4) is 0 Å². The largest absolute Gasteiger partial charge is 0.489 e. The van der Waals surface area contributed by atoms with E-state index >= 15 is 0 Å². The van der Waals surface area contributed by atoms with E-state index in [1.807, 2.05) is 48.5 Å². The zero-order valence-electron chi connectivity index (χ0n) is 10.3. The van der Waals surface area contributed by atoms with E-state index in [0.29, 0.717) is 11.6 Å². The van der Waals surface area contributed by atoms with Crippen LogP contribution in [0.2, 0.25) is 5.02 Å². The molecule has 1 N–H and O–H groups in total. The second-order valence-corrected chi connectivity index (χ2v) is 4.34. The Hall–Kier alpha value is -1.95. The van der Waals surface area contributed by atoms with Crippen LogP contribution in [-0.2, 0) is 6.61 Å². The van der Waals surface area contributed by atoms with Crippen LogP contribution in [0, 0.1) is 11.8 Å². The van der Waals surface area contributed by atoms with Gasteiger partial charge in [0.05, 0.1) is 0 Å². The molecule has 0 aliphatic rings. The minimum Gasteiger partial charge on any atom is -0.489 e. The lowest BCUT2D eigenvalue weighted by Gasteiger charge is -2.06. The van der Waals surface area contributed by atoms with E-state index in [1.54, 1.807) is 0 Å². The Kier molecular flexibility index (Phi) is 4.85. The molecule has 0 bridgehead atoms. The maximum atomic E-state index is 8.61. The van der Waals surface area contributed by atoms with Crippen LogP contribution in [-0.4, -0.2) is 11.7 Å². The van der Waals surface area contributed by atoms with Crippen molar-refractivity contribution in [3.05, 3.63) is 64.7 Å². The fraction of sp³-hybridized carbons (Fsp3) is 0.125. The molecule has 0 aliphatic heterocycles. The van der Waals surface area contributed by atoms with E-state index in [-0.39, 0.29) is 6.61 Å². The summed E-state index contributed by atoms with van der Waals surface area (Å²) in [4.78, 5) is 0. The number of hydrogen-bond donors (Lipinski definition) is 1. The summed E-state index contributed by atoms with van der Waals surface area (Å²) in [5, 5.41) is 9.31. The lowest BCUT2D eigenvalue weighted by Crippen LogP contribution is -1.95. The van der Waals surface area contributed by atoms with E-state index in [1.165, 1.54) is 0 Å². The summed E-state index contributed by atoms with van der Waals surface area (Å²) in [6.45, 7) is 0.343. The molecular formula is C16H13ClO2. The summed E-state index contributed by atoms with van der Waals surface area (Å²) in [6.07, 6.45) is 0. The van der Waals surface area contributed by atoms with Crippen LogP contribution in [0.25, 0.3) is 0 Å². The molecule has 2 rings (SSSR count). The summed E-state index contributed by atoms with van der Waals surface area (Å²) in [5.74, 6) is 6.20.